The first-order valence-electron chi connectivity index (χ1n) is 5.31. The summed E-state index contributed by atoms with van der Waals surface area (Å²) < 4.78 is 0. The third-order valence-corrected chi connectivity index (χ3v) is 2.66. The van der Waals surface area contributed by atoms with E-state index in [1.165, 1.54) is 5.56 Å². The Bertz CT molecular complexity index is 348. The maximum absolute atomic E-state index is 11.7. The van der Waals surface area contributed by atoms with Crippen LogP contribution < -0.4 is 5.43 Å². The SMILES string of the molecule is CC(C)N1NC(c2ccccc2)CC1=O. The molecule has 0 radical (unpaired) electrons. The first-order chi connectivity index (χ1) is 7.18. The summed E-state index contributed by atoms with van der Waals surface area (Å²) in [6, 6.07) is 10.4. The molecule has 1 fully saturated rings. The summed E-state index contributed by atoms with van der Waals surface area (Å²) >= 11 is 0. The Morgan fingerprint density at radius 2 is 2.00 bits per heavy atom. The first-order valence-corrected chi connectivity index (χ1v) is 5.31. The minimum Gasteiger partial charge on any atom is -0.275 e. The smallest absolute Gasteiger partial charge is 0.238 e. The van der Waals surface area contributed by atoms with Crippen LogP contribution >= 0.6 is 0 Å². The van der Waals surface area contributed by atoms with Crippen LogP contribution in [0.25, 0.3) is 0 Å². The van der Waals surface area contributed by atoms with Gasteiger partial charge in [-0.25, -0.2) is 5.43 Å². The standard InChI is InChI=1S/C12H16N2O/c1-9(2)14-12(15)8-11(13-14)10-6-4-3-5-7-10/h3-7,9,11,13H,8H2,1-2H3. The largest absolute Gasteiger partial charge is 0.275 e. The summed E-state index contributed by atoms with van der Waals surface area (Å²) in [4.78, 5) is 11.7. The van der Waals surface area contributed by atoms with E-state index in [0.29, 0.717) is 6.42 Å². The van der Waals surface area contributed by atoms with Gasteiger partial charge in [0.25, 0.3) is 0 Å². The second-order valence-corrected chi connectivity index (χ2v) is 4.15. The summed E-state index contributed by atoms with van der Waals surface area (Å²) in [5.74, 6) is 0.179. The van der Waals surface area contributed by atoms with Crippen molar-refractivity contribution in [1.82, 2.24) is 10.4 Å². The molecule has 0 aromatic heterocycles. The van der Waals surface area contributed by atoms with E-state index >= 15 is 0 Å². The van der Waals surface area contributed by atoms with Crippen molar-refractivity contribution in [1.29, 1.82) is 0 Å². The Balaban J connectivity index is 2.13. The van der Waals surface area contributed by atoms with Crippen molar-refractivity contribution in [3.05, 3.63) is 35.9 Å². The van der Waals surface area contributed by atoms with Crippen molar-refractivity contribution in [2.75, 3.05) is 0 Å². The molecule has 15 heavy (non-hydrogen) atoms. The van der Waals surface area contributed by atoms with Crippen LogP contribution in [0.15, 0.2) is 30.3 Å². The molecule has 1 heterocycles. The number of nitrogens with one attached hydrogen (secondary N) is 1. The fourth-order valence-corrected chi connectivity index (χ4v) is 1.87. The van der Waals surface area contributed by atoms with Crippen LogP contribution in [0.5, 0.6) is 0 Å². The number of hydrogen-bond donors (Lipinski definition) is 1. The minimum absolute atomic E-state index is 0.140. The van der Waals surface area contributed by atoms with Gasteiger partial charge in [0, 0.05) is 12.5 Å². The molecule has 1 aliphatic rings. The molecule has 0 aliphatic carbocycles. The van der Waals surface area contributed by atoms with Crippen LogP contribution in [-0.2, 0) is 4.79 Å². The van der Waals surface area contributed by atoms with Gasteiger partial charge in [-0.05, 0) is 19.4 Å². The molecule has 0 saturated carbocycles. The summed E-state index contributed by atoms with van der Waals surface area (Å²) in [6.45, 7) is 4.02. The quantitative estimate of drug-likeness (QED) is 0.797. The summed E-state index contributed by atoms with van der Waals surface area (Å²) in [6.07, 6.45) is 0.558. The second-order valence-electron chi connectivity index (χ2n) is 4.15. The average molecular weight is 204 g/mol. The topological polar surface area (TPSA) is 32.3 Å². The zero-order valence-electron chi connectivity index (χ0n) is 9.10. The summed E-state index contributed by atoms with van der Waals surface area (Å²) in [5.41, 5.74) is 4.42. The Hall–Kier alpha value is -1.35. The number of rotatable bonds is 2. The molecular formula is C12H16N2O. The van der Waals surface area contributed by atoms with Crippen LogP contribution in [0.4, 0.5) is 0 Å². The van der Waals surface area contributed by atoms with E-state index in [0.717, 1.165) is 0 Å². The lowest BCUT2D eigenvalue weighted by Crippen LogP contribution is -2.40. The molecule has 1 atom stereocenters. The van der Waals surface area contributed by atoms with Crippen molar-refractivity contribution < 1.29 is 4.79 Å². The van der Waals surface area contributed by atoms with Gasteiger partial charge in [0.2, 0.25) is 5.91 Å². The summed E-state index contributed by atoms with van der Waals surface area (Å²) in [7, 11) is 0. The van der Waals surface area contributed by atoms with Crippen molar-refractivity contribution >= 4 is 5.91 Å². The van der Waals surface area contributed by atoms with Gasteiger partial charge in [-0.15, -0.1) is 0 Å². The number of nitrogens with zero attached hydrogens (tertiary/aromatic N) is 1. The van der Waals surface area contributed by atoms with E-state index in [2.05, 4.69) is 17.6 Å². The highest BCUT2D eigenvalue weighted by Gasteiger charge is 2.31. The lowest BCUT2D eigenvalue weighted by molar-refractivity contribution is -0.131. The monoisotopic (exact) mass is 204 g/mol. The molecule has 1 saturated heterocycles. The van der Waals surface area contributed by atoms with Gasteiger partial charge >= 0.3 is 0 Å². The number of benzene rings is 1. The Morgan fingerprint density at radius 1 is 1.33 bits per heavy atom. The van der Waals surface area contributed by atoms with E-state index in [1.807, 2.05) is 32.0 Å². The van der Waals surface area contributed by atoms with E-state index in [9.17, 15) is 4.79 Å². The minimum atomic E-state index is 0.140. The van der Waals surface area contributed by atoms with Gasteiger partial charge in [0.15, 0.2) is 0 Å². The molecule has 80 valence electrons. The fourth-order valence-electron chi connectivity index (χ4n) is 1.87. The van der Waals surface area contributed by atoms with Gasteiger partial charge in [0.05, 0.1) is 6.04 Å². The lowest BCUT2D eigenvalue weighted by Gasteiger charge is -2.21. The van der Waals surface area contributed by atoms with Crippen molar-refractivity contribution in [2.45, 2.75) is 32.4 Å². The highest BCUT2D eigenvalue weighted by Crippen LogP contribution is 2.24. The van der Waals surface area contributed by atoms with Crippen LogP contribution in [-0.4, -0.2) is 17.0 Å². The number of hydrogen-bond acceptors (Lipinski definition) is 2. The van der Waals surface area contributed by atoms with Gasteiger partial charge in [-0.1, -0.05) is 30.3 Å². The predicted molar refractivity (Wildman–Crippen MR) is 58.9 cm³/mol. The predicted octanol–water partition coefficient (Wildman–Crippen LogP) is 1.87. The molecule has 1 amide bonds. The van der Waals surface area contributed by atoms with Crippen LogP contribution in [0.3, 0.4) is 0 Å². The number of carbonyl (C=O) groups excluding carboxylic acids is 1. The van der Waals surface area contributed by atoms with E-state index in [1.54, 1.807) is 5.01 Å². The molecule has 2 rings (SSSR count). The number of amides is 1. The van der Waals surface area contributed by atoms with E-state index in [-0.39, 0.29) is 18.0 Å². The second kappa shape index (κ2) is 4.03. The molecule has 0 bridgehead atoms. The Morgan fingerprint density at radius 3 is 2.53 bits per heavy atom. The molecule has 1 N–H and O–H groups in total. The highest BCUT2D eigenvalue weighted by atomic mass is 16.2. The first kappa shape index (κ1) is 10.2. The summed E-state index contributed by atoms with van der Waals surface area (Å²) in [5, 5.41) is 1.72. The normalized spacial score (nSPS) is 21.4. The third-order valence-electron chi connectivity index (χ3n) is 2.66. The van der Waals surface area contributed by atoms with E-state index < -0.39 is 0 Å². The van der Waals surface area contributed by atoms with Gasteiger partial charge in [-0.2, -0.15) is 0 Å². The third kappa shape index (κ3) is 2.02. The molecule has 1 aromatic rings. The lowest BCUT2D eigenvalue weighted by atomic mass is 10.1. The van der Waals surface area contributed by atoms with Gasteiger partial charge in [-0.3, -0.25) is 9.80 Å². The van der Waals surface area contributed by atoms with Crippen LogP contribution in [0.1, 0.15) is 31.9 Å². The Labute approximate surface area is 90.1 Å². The molecule has 3 heteroatoms. The van der Waals surface area contributed by atoms with Gasteiger partial charge in [0.1, 0.15) is 0 Å². The fraction of sp³-hybridized carbons (Fsp3) is 0.417. The van der Waals surface area contributed by atoms with Crippen molar-refractivity contribution in [2.24, 2.45) is 0 Å². The molecule has 0 spiro atoms. The maximum atomic E-state index is 11.7. The molecule has 1 aromatic carbocycles. The van der Waals surface area contributed by atoms with E-state index in [4.69, 9.17) is 0 Å². The van der Waals surface area contributed by atoms with Gasteiger partial charge < -0.3 is 0 Å². The average Bonchev–Trinajstić information content (AvgIpc) is 2.62. The number of carbonyl (C=O) groups is 1. The van der Waals surface area contributed by atoms with Crippen molar-refractivity contribution in [3.63, 3.8) is 0 Å². The zero-order valence-corrected chi connectivity index (χ0v) is 9.10. The van der Waals surface area contributed by atoms with Crippen LogP contribution in [0, 0.1) is 0 Å². The number of hydrazine groups is 1. The zero-order chi connectivity index (χ0) is 10.8. The molecule has 1 aliphatic heterocycles. The Kier molecular flexibility index (Phi) is 2.73. The molecular weight excluding hydrogens is 188 g/mol. The molecule has 1 unspecified atom stereocenters. The molecule has 3 nitrogen and oxygen atoms in total. The van der Waals surface area contributed by atoms with Crippen LogP contribution in [0.2, 0.25) is 0 Å². The highest BCUT2D eigenvalue weighted by molar-refractivity contribution is 5.78. The van der Waals surface area contributed by atoms with Crippen molar-refractivity contribution in [3.8, 4) is 0 Å². The maximum Gasteiger partial charge on any atom is 0.238 e.